The van der Waals surface area contributed by atoms with E-state index in [1.807, 2.05) is 30.3 Å². The van der Waals surface area contributed by atoms with Gasteiger partial charge in [-0.2, -0.15) is 13.5 Å². The molecule has 0 N–H and O–H groups in total. The van der Waals surface area contributed by atoms with Gasteiger partial charge in [-0.25, -0.2) is 0 Å². The molecule has 14 heavy (non-hydrogen) atoms. The SMILES string of the molecule is O=C1OCC2C[C@]12c1ccccc1.S. The molecule has 1 heterocycles. The molecule has 1 aromatic carbocycles. The third kappa shape index (κ3) is 1.02. The fourth-order valence-corrected chi connectivity index (χ4v) is 2.29. The molecule has 0 bridgehead atoms. The summed E-state index contributed by atoms with van der Waals surface area (Å²) in [6.45, 7) is 0.619. The van der Waals surface area contributed by atoms with Crippen molar-refractivity contribution in [2.45, 2.75) is 11.8 Å². The molecule has 2 atom stereocenters. The predicted molar refractivity (Wildman–Crippen MR) is 57.6 cm³/mol. The van der Waals surface area contributed by atoms with Gasteiger partial charge in [0.25, 0.3) is 0 Å². The van der Waals surface area contributed by atoms with E-state index in [1.165, 1.54) is 0 Å². The van der Waals surface area contributed by atoms with Crippen LogP contribution in [0.2, 0.25) is 0 Å². The number of ether oxygens (including phenoxy) is 1. The molecule has 1 aromatic rings. The fraction of sp³-hybridized carbons (Fsp3) is 0.364. The summed E-state index contributed by atoms with van der Waals surface area (Å²) in [4.78, 5) is 11.5. The van der Waals surface area contributed by atoms with Crippen molar-refractivity contribution >= 4 is 19.5 Å². The molecule has 1 aliphatic carbocycles. The first kappa shape index (κ1) is 9.59. The lowest BCUT2D eigenvalue weighted by atomic mass is 9.95. The van der Waals surface area contributed by atoms with Gasteiger partial charge in [0.05, 0.1) is 12.0 Å². The molecule has 0 radical (unpaired) electrons. The molecule has 1 unspecified atom stereocenters. The lowest BCUT2D eigenvalue weighted by molar-refractivity contribution is -0.142. The van der Waals surface area contributed by atoms with Gasteiger partial charge in [0, 0.05) is 5.92 Å². The highest BCUT2D eigenvalue weighted by atomic mass is 32.1. The monoisotopic (exact) mass is 208 g/mol. The largest absolute Gasteiger partial charge is 0.465 e. The van der Waals surface area contributed by atoms with E-state index < -0.39 is 0 Å². The van der Waals surface area contributed by atoms with Crippen LogP contribution < -0.4 is 0 Å². The molecule has 2 fully saturated rings. The van der Waals surface area contributed by atoms with Crippen molar-refractivity contribution in [1.82, 2.24) is 0 Å². The van der Waals surface area contributed by atoms with E-state index in [1.54, 1.807) is 0 Å². The van der Waals surface area contributed by atoms with Crippen molar-refractivity contribution in [2.24, 2.45) is 5.92 Å². The second-order valence-corrected chi connectivity index (χ2v) is 3.84. The van der Waals surface area contributed by atoms with Crippen LogP contribution in [0.4, 0.5) is 0 Å². The number of fused-ring (bicyclic) bond motifs is 1. The highest BCUT2D eigenvalue weighted by Crippen LogP contribution is 2.58. The number of hydrogen-bond donors (Lipinski definition) is 0. The Hall–Kier alpha value is -0.960. The number of hydrogen-bond acceptors (Lipinski definition) is 2. The molecule has 0 aromatic heterocycles. The summed E-state index contributed by atoms with van der Waals surface area (Å²) in [6, 6.07) is 9.97. The zero-order chi connectivity index (χ0) is 8.89. The number of rotatable bonds is 1. The average Bonchev–Trinajstić information content (AvgIpc) is 2.84. The zero-order valence-electron chi connectivity index (χ0n) is 7.69. The first-order chi connectivity index (χ1) is 6.34. The number of cyclic esters (lactones) is 1. The Morgan fingerprint density at radius 3 is 2.50 bits per heavy atom. The minimum absolute atomic E-state index is 0. The number of carbonyl (C=O) groups is 1. The topological polar surface area (TPSA) is 26.3 Å². The van der Waals surface area contributed by atoms with Crippen molar-refractivity contribution < 1.29 is 9.53 Å². The smallest absolute Gasteiger partial charge is 0.317 e. The Morgan fingerprint density at radius 2 is 2.00 bits per heavy atom. The lowest BCUT2D eigenvalue weighted by Gasteiger charge is -2.08. The third-order valence-electron chi connectivity index (χ3n) is 3.17. The van der Waals surface area contributed by atoms with Gasteiger partial charge in [-0.3, -0.25) is 4.79 Å². The second kappa shape index (κ2) is 3.02. The van der Waals surface area contributed by atoms with E-state index >= 15 is 0 Å². The average molecular weight is 208 g/mol. The van der Waals surface area contributed by atoms with E-state index in [0.29, 0.717) is 12.5 Å². The summed E-state index contributed by atoms with van der Waals surface area (Å²) >= 11 is 0. The number of esters is 1. The van der Waals surface area contributed by atoms with Gasteiger partial charge < -0.3 is 4.74 Å². The Kier molecular flexibility index (Phi) is 2.07. The zero-order valence-corrected chi connectivity index (χ0v) is 8.69. The van der Waals surface area contributed by atoms with Crippen LogP contribution in [0.5, 0.6) is 0 Å². The van der Waals surface area contributed by atoms with Crippen LogP contribution in [0, 0.1) is 5.92 Å². The van der Waals surface area contributed by atoms with Gasteiger partial charge in [-0.15, -0.1) is 0 Å². The van der Waals surface area contributed by atoms with Crippen LogP contribution in [0.3, 0.4) is 0 Å². The minimum atomic E-state index is -0.249. The highest BCUT2D eigenvalue weighted by molar-refractivity contribution is 7.59. The van der Waals surface area contributed by atoms with Crippen LogP contribution >= 0.6 is 13.5 Å². The van der Waals surface area contributed by atoms with E-state index in [-0.39, 0.29) is 24.9 Å². The normalized spacial score (nSPS) is 32.9. The van der Waals surface area contributed by atoms with Crippen molar-refractivity contribution in [2.75, 3.05) is 6.61 Å². The van der Waals surface area contributed by atoms with E-state index in [0.717, 1.165) is 12.0 Å². The summed E-state index contributed by atoms with van der Waals surface area (Å²) in [6.07, 6.45) is 0.982. The summed E-state index contributed by atoms with van der Waals surface area (Å²) in [5.41, 5.74) is 0.879. The van der Waals surface area contributed by atoms with E-state index in [9.17, 15) is 4.79 Å². The van der Waals surface area contributed by atoms with Gasteiger partial charge in [-0.1, -0.05) is 30.3 Å². The van der Waals surface area contributed by atoms with Crippen molar-refractivity contribution in [3.05, 3.63) is 35.9 Å². The molecule has 1 aliphatic heterocycles. The minimum Gasteiger partial charge on any atom is -0.465 e. The van der Waals surface area contributed by atoms with E-state index in [2.05, 4.69) is 0 Å². The molecule has 3 heteroatoms. The standard InChI is InChI=1S/C11H10O2.H2S/c12-10-11(6-9(11)7-13-10)8-4-2-1-3-5-8;/h1-5,9H,6-7H2;1H2/t9?,11-;/m1./s1. The first-order valence-electron chi connectivity index (χ1n) is 4.57. The molecule has 2 aliphatic rings. The number of benzene rings is 1. The quantitative estimate of drug-likeness (QED) is 0.655. The van der Waals surface area contributed by atoms with Gasteiger partial charge in [0.2, 0.25) is 0 Å². The lowest BCUT2D eigenvalue weighted by Crippen LogP contribution is -2.18. The van der Waals surface area contributed by atoms with Crippen LogP contribution in [0.1, 0.15) is 12.0 Å². The van der Waals surface area contributed by atoms with Gasteiger partial charge in [0.15, 0.2) is 0 Å². The Bertz CT molecular complexity index is 363. The van der Waals surface area contributed by atoms with Crippen molar-refractivity contribution in [1.29, 1.82) is 0 Å². The summed E-state index contributed by atoms with van der Waals surface area (Å²) in [7, 11) is 0. The molecule has 3 rings (SSSR count). The second-order valence-electron chi connectivity index (χ2n) is 3.84. The van der Waals surface area contributed by atoms with Crippen LogP contribution in [-0.4, -0.2) is 12.6 Å². The molecule has 0 spiro atoms. The Morgan fingerprint density at radius 1 is 1.29 bits per heavy atom. The summed E-state index contributed by atoms with van der Waals surface area (Å²) in [5.74, 6) is 0.422. The number of carbonyl (C=O) groups excluding carboxylic acids is 1. The van der Waals surface area contributed by atoms with Crippen molar-refractivity contribution in [3.63, 3.8) is 0 Å². The maximum Gasteiger partial charge on any atom is 0.317 e. The van der Waals surface area contributed by atoms with Gasteiger partial charge >= 0.3 is 5.97 Å². The molecule has 2 nitrogen and oxygen atoms in total. The molecule has 1 saturated carbocycles. The fourth-order valence-electron chi connectivity index (χ4n) is 2.29. The molecule has 1 saturated heterocycles. The van der Waals surface area contributed by atoms with Gasteiger partial charge in [-0.05, 0) is 12.0 Å². The molecular formula is C11H12O2S. The maximum absolute atomic E-state index is 11.5. The van der Waals surface area contributed by atoms with Crippen LogP contribution in [-0.2, 0) is 14.9 Å². The first-order valence-corrected chi connectivity index (χ1v) is 4.57. The molecule has 74 valence electrons. The van der Waals surface area contributed by atoms with E-state index in [4.69, 9.17) is 4.74 Å². The maximum atomic E-state index is 11.5. The van der Waals surface area contributed by atoms with Gasteiger partial charge in [0.1, 0.15) is 0 Å². The third-order valence-corrected chi connectivity index (χ3v) is 3.17. The summed E-state index contributed by atoms with van der Waals surface area (Å²) < 4.78 is 5.03. The molecule has 0 amide bonds. The van der Waals surface area contributed by atoms with Crippen molar-refractivity contribution in [3.8, 4) is 0 Å². The predicted octanol–water partition coefficient (Wildman–Crippen LogP) is 1.61. The highest BCUT2D eigenvalue weighted by Gasteiger charge is 2.66. The van der Waals surface area contributed by atoms with Crippen LogP contribution in [0.15, 0.2) is 30.3 Å². The van der Waals surface area contributed by atoms with Crippen LogP contribution in [0.25, 0.3) is 0 Å². The summed E-state index contributed by atoms with van der Waals surface area (Å²) in [5, 5.41) is 0. The molecular weight excluding hydrogens is 196 g/mol. The Labute approximate surface area is 89.7 Å². The Balaban J connectivity index is 0.000000750.